The van der Waals surface area contributed by atoms with Crippen molar-refractivity contribution in [1.82, 2.24) is 14.8 Å². The van der Waals surface area contributed by atoms with Gasteiger partial charge >= 0.3 is 0 Å². The average molecular weight is 244 g/mol. The number of aromatic nitrogens is 3. The van der Waals surface area contributed by atoms with Gasteiger partial charge in [0, 0.05) is 6.54 Å². The van der Waals surface area contributed by atoms with Crippen LogP contribution < -0.4 is 5.32 Å². The monoisotopic (exact) mass is 244 g/mol. The van der Waals surface area contributed by atoms with Crippen molar-refractivity contribution in [3.05, 3.63) is 36.9 Å². The van der Waals surface area contributed by atoms with E-state index in [1.54, 1.807) is 17.3 Å². The summed E-state index contributed by atoms with van der Waals surface area (Å²) in [5.74, 6) is 0. The predicted octanol–water partition coefficient (Wildman–Crippen LogP) is 3.12. The summed E-state index contributed by atoms with van der Waals surface area (Å²) in [6.07, 6.45) is 4.38. The highest BCUT2D eigenvalue weighted by atomic mass is 15.3. The van der Waals surface area contributed by atoms with Crippen LogP contribution in [0.2, 0.25) is 0 Å². The van der Waals surface area contributed by atoms with Crippen molar-refractivity contribution in [2.24, 2.45) is 5.41 Å². The van der Waals surface area contributed by atoms with Crippen LogP contribution in [0.5, 0.6) is 0 Å². The molecule has 1 aromatic heterocycles. The van der Waals surface area contributed by atoms with Gasteiger partial charge in [-0.2, -0.15) is 5.10 Å². The summed E-state index contributed by atoms with van der Waals surface area (Å²) in [4.78, 5) is 3.98. The lowest BCUT2D eigenvalue weighted by Gasteiger charge is -2.19. The van der Waals surface area contributed by atoms with E-state index in [1.165, 1.54) is 0 Å². The largest absolute Gasteiger partial charge is 0.383 e. The zero-order valence-corrected chi connectivity index (χ0v) is 11.2. The highest BCUT2D eigenvalue weighted by Crippen LogP contribution is 2.21. The average Bonchev–Trinajstić information content (AvgIpc) is 2.81. The first kappa shape index (κ1) is 12.6. The molecule has 1 N–H and O–H groups in total. The maximum atomic E-state index is 4.17. The zero-order chi connectivity index (χ0) is 13.0. The Labute approximate surface area is 108 Å². The van der Waals surface area contributed by atoms with Gasteiger partial charge in [-0.1, -0.05) is 32.9 Å². The van der Waals surface area contributed by atoms with E-state index in [9.17, 15) is 0 Å². The summed E-state index contributed by atoms with van der Waals surface area (Å²) < 4.78 is 1.78. The molecule has 0 aliphatic rings. The predicted molar refractivity (Wildman–Crippen MR) is 73.9 cm³/mol. The summed E-state index contributed by atoms with van der Waals surface area (Å²) >= 11 is 0. The minimum absolute atomic E-state index is 0.342. The molecule has 0 bridgehead atoms. The molecular formula is C14H20N4. The van der Waals surface area contributed by atoms with Gasteiger partial charge in [0.1, 0.15) is 12.7 Å². The Kier molecular flexibility index (Phi) is 3.65. The molecule has 0 aliphatic carbocycles. The van der Waals surface area contributed by atoms with Gasteiger partial charge in [0.2, 0.25) is 0 Å². The summed E-state index contributed by atoms with van der Waals surface area (Å²) in [5, 5.41) is 7.64. The summed E-state index contributed by atoms with van der Waals surface area (Å²) in [7, 11) is 0. The fraction of sp³-hybridized carbons (Fsp3) is 0.429. The molecule has 0 saturated carbocycles. The van der Waals surface area contributed by atoms with Gasteiger partial charge in [0.25, 0.3) is 0 Å². The lowest BCUT2D eigenvalue weighted by molar-refractivity contribution is 0.390. The molecule has 4 nitrogen and oxygen atoms in total. The summed E-state index contributed by atoms with van der Waals surface area (Å²) in [6.45, 7) is 7.70. The Balaban J connectivity index is 2.09. The van der Waals surface area contributed by atoms with Gasteiger partial charge in [-0.3, -0.25) is 0 Å². The molecule has 0 radical (unpaired) electrons. The molecule has 18 heavy (non-hydrogen) atoms. The summed E-state index contributed by atoms with van der Waals surface area (Å²) in [5.41, 5.74) is 2.46. The molecule has 0 unspecified atom stereocenters. The Morgan fingerprint density at radius 1 is 1.22 bits per heavy atom. The fourth-order valence-corrected chi connectivity index (χ4v) is 1.73. The van der Waals surface area contributed by atoms with Gasteiger partial charge in [0.05, 0.1) is 11.4 Å². The molecule has 0 aliphatic heterocycles. The molecule has 4 heteroatoms. The van der Waals surface area contributed by atoms with E-state index in [0.717, 1.165) is 24.3 Å². The van der Waals surface area contributed by atoms with Crippen molar-refractivity contribution in [2.45, 2.75) is 27.2 Å². The molecule has 2 rings (SSSR count). The lowest BCUT2D eigenvalue weighted by Crippen LogP contribution is -2.14. The topological polar surface area (TPSA) is 42.7 Å². The number of nitrogens with zero attached hydrogens (tertiary/aromatic N) is 3. The SMILES string of the molecule is CC(C)(C)CCNc1ccccc1-n1cncn1. The van der Waals surface area contributed by atoms with E-state index in [1.807, 2.05) is 18.2 Å². The van der Waals surface area contributed by atoms with Gasteiger partial charge in [-0.05, 0) is 24.0 Å². The van der Waals surface area contributed by atoms with Crippen LogP contribution in [0.15, 0.2) is 36.9 Å². The van der Waals surface area contributed by atoms with Crippen LogP contribution in [0.3, 0.4) is 0 Å². The zero-order valence-electron chi connectivity index (χ0n) is 11.2. The molecule has 2 aromatic rings. The van der Waals surface area contributed by atoms with Crippen molar-refractivity contribution in [2.75, 3.05) is 11.9 Å². The Morgan fingerprint density at radius 2 is 2.00 bits per heavy atom. The lowest BCUT2D eigenvalue weighted by atomic mass is 9.92. The first-order chi connectivity index (χ1) is 8.56. The number of para-hydroxylation sites is 2. The number of anilines is 1. The Hall–Kier alpha value is -1.84. The second-order valence-corrected chi connectivity index (χ2v) is 5.59. The van der Waals surface area contributed by atoms with Gasteiger partial charge < -0.3 is 5.32 Å². The number of nitrogens with one attached hydrogen (secondary N) is 1. The van der Waals surface area contributed by atoms with E-state index in [0.29, 0.717) is 5.41 Å². The minimum Gasteiger partial charge on any atom is -0.383 e. The molecule has 0 saturated heterocycles. The quantitative estimate of drug-likeness (QED) is 0.898. The van der Waals surface area contributed by atoms with Crippen LogP contribution in [0.1, 0.15) is 27.2 Å². The van der Waals surface area contributed by atoms with Crippen molar-refractivity contribution in [3.63, 3.8) is 0 Å². The first-order valence-electron chi connectivity index (χ1n) is 6.24. The van der Waals surface area contributed by atoms with Crippen LogP contribution in [-0.2, 0) is 0 Å². The van der Waals surface area contributed by atoms with Crippen LogP contribution in [0.25, 0.3) is 5.69 Å². The highest BCUT2D eigenvalue weighted by molar-refractivity contribution is 5.60. The van der Waals surface area contributed by atoms with Gasteiger partial charge in [-0.25, -0.2) is 9.67 Å². The first-order valence-corrected chi connectivity index (χ1v) is 6.24. The second-order valence-electron chi connectivity index (χ2n) is 5.59. The molecule has 0 atom stereocenters. The van der Waals surface area contributed by atoms with Crippen molar-refractivity contribution < 1.29 is 0 Å². The third kappa shape index (κ3) is 3.32. The third-order valence-corrected chi connectivity index (χ3v) is 2.76. The van der Waals surface area contributed by atoms with Crippen LogP contribution >= 0.6 is 0 Å². The molecule has 96 valence electrons. The molecule has 1 heterocycles. The standard InChI is InChI=1S/C14H20N4/c1-14(2,3)8-9-16-12-6-4-5-7-13(12)18-11-15-10-17-18/h4-7,10-11,16H,8-9H2,1-3H3. The van der Waals surface area contributed by atoms with E-state index < -0.39 is 0 Å². The van der Waals surface area contributed by atoms with E-state index in [2.05, 4.69) is 42.2 Å². The molecule has 1 aromatic carbocycles. The van der Waals surface area contributed by atoms with E-state index in [-0.39, 0.29) is 0 Å². The normalized spacial score (nSPS) is 11.5. The summed E-state index contributed by atoms with van der Waals surface area (Å²) in [6, 6.07) is 8.14. The van der Waals surface area contributed by atoms with Crippen LogP contribution in [0, 0.1) is 5.41 Å². The molecule has 0 fully saturated rings. The van der Waals surface area contributed by atoms with Gasteiger partial charge in [0.15, 0.2) is 0 Å². The second kappa shape index (κ2) is 5.21. The van der Waals surface area contributed by atoms with Crippen molar-refractivity contribution in [3.8, 4) is 5.69 Å². The maximum Gasteiger partial charge on any atom is 0.138 e. The number of hydrogen-bond donors (Lipinski definition) is 1. The smallest absolute Gasteiger partial charge is 0.138 e. The molecule has 0 amide bonds. The van der Waals surface area contributed by atoms with Crippen LogP contribution in [-0.4, -0.2) is 21.3 Å². The molecular weight excluding hydrogens is 224 g/mol. The highest BCUT2D eigenvalue weighted by Gasteiger charge is 2.10. The third-order valence-electron chi connectivity index (χ3n) is 2.76. The number of benzene rings is 1. The van der Waals surface area contributed by atoms with E-state index >= 15 is 0 Å². The number of hydrogen-bond acceptors (Lipinski definition) is 3. The van der Waals surface area contributed by atoms with Crippen LogP contribution in [0.4, 0.5) is 5.69 Å². The Bertz CT molecular complexity index is 483. The molecule has 0 spiro atoms. The van der Waals surface area contributed by atoms with Crippen molar-refractivity contribution in [1.29, 1.82) is 0 Å². The van der Waals surface area contributed by atoms with Gasteiger partial charge in [-0.15, -0.1) is 0 Å². The maximum absolute atomic E-state index is 4.17. The van der Waals surface area contributed by atoms with Crippen molar-refractivity contribution >= 4 is 5.69 Å². The van der Waals surface area contributed by atoms with E-state index in [4.69, 9.17) is 0 Å². The number of rotatable bonds is 4. The fourth-order valence-electron chi connectivity index (χ4n) is 1.73. The Morgan fingerprint density at radius 3 is 2.67 bits per heavy atom. The minimum atomic E-state index is 0.342.